The van der Waals surface area contributed by atoms with Crippen LogP contribution in [0.1, 0.15) is 15.9 Å². The Morgan fingerprint density at radius 3 is 2.52 bits per heavy atom. The normalized spacial score (nSPS) is 10.0. The van der Waals surface area contributed by atoms with Gasteiger partial charge in [-0.2, -0.15) is 5.26 Å². The molecular formula is C20H15N3OS. The zero-order chi connectivity index (χ0) is 17.5. The Morgan fingerprint density at radius 2 is 1.80 bits per heavy atom. The van der Waals surface area contributed by atoms with Crippen LogP contribution >= 0.6 is 11.8 Å². The average molecular weight is 345 g/mol. The molecule has 0 atom stereocenters. The van der Waals surface area contributed by atoms with E-state index < -0.39 is 0 Å². The van der Waals surface area contributed by atoms with E-state index in [0.717, 1.165) is 10.5 Å². The van der Waals surface area contributed by atoms with Gasteiger partial charge < -0.3 is 5.32 Å². The third-order valence-corrected chi connectivity index (χ3v) is 4.50. The monoisotopic (exact) mass is 345 g/mol. The molecule has 25 heavy (non-hydrogen) atoms. The summed E-state index contributed by atoms with van der Waals surface area (Å²) in [5.74, 6) is -0.209. The van der Waals surface area contributed by atoms with Gasteiger partial charge in [0.1, 0.15) is 5.03 Å². The van der Waals surface area contributed by atoms with Gasteiger partial charge in [0.25, 0.3) is 5.91 Å². The molecule has 0 aliphatic heterocycles. The number of benzene rings is 2. The Kier molecular flexibility index (Phi) is 5.45. The summed E-state index contributed by atoms with van der Waals surface area (Å²) in [5.41, 5.74) is 2.13. The van der Waals surface area contributed by atoms with Gasteiger partial charge in [0.2, 0.25) is 0 Å². The van der Waals surface area contributed by atoms with Crippen LogP contribution in [0, 0.1) is 11.3 Å². The van der Waals surface area contributed by atoms with Gasteiger partial charge in [0, 0.05) is 16.8 Å². The highest BCUT2D eigenvalue weighted by atomic mass is 32.2. The predicted molar refractivity (Wildman–Crippen MR) is 98.5 cm³/mol. The fraction of sp³-hybridized carbons (Fsp3) is 0.0500. The second-order valence-corrected chi connectivity index (χ2v) is 6.32. The molecular weight excluding hydrogens is 330 g/mol. The summed E-state index contributed by atoms with van der Waals surface area (Å²) in [7, 11) is 0. The first-order valence-electron chi connectivity index (χ1n) is 7.71. The van der Waals surface area contributed by atoms with Crippen molar-refractivity contribution in [2.45, 2.75) is 16.3 Å². The van der Waals surface area contributed by atoms with E-state index in [4.69, 9.17) is 5.26 Å². The van der Waals surface area contributed by atoms with E-state index in [0.29, 0.717) is 22.7 Å². The van der Waals surface area contributed by atoms with E-state index in [2.05, 4.69) is 16.4 Å². The minimum atomic E-state index is -0.209. The molecule has 0 spiro atoms. The van der Waals surface area contributed by atoms with Crippen molar-refractivity contribution in [3.05, 3.63) is 84.1 Å². The number of aromatic nitrogens is 1. The number of amides is 1. The van der Waals surface area contributed by atoms with Gasteiger partial charge in [-0.05, 0) is 42.0 Å². The van der Waals surface area contributed by atoms with E-state index in [9.17, 15) is 4.79 Å². The first-order valence-corrected chi connectivity index (χ1v) is 8.53. The largest absolute Gasteiger partial charge is 0.322 e. The molecule has 0 unspecified atom stereocenters. The molecule has 4 nitrogen and oxygen atoms in total. The van der Waals surface area contributed by atoms with Crippen molar-refractivity contribution in [1.82, 2.24) is 4.98 Å². The van der Waals surface area contributed by atoms with Crippen molar-refractivity contribution in [2.24, 2.45) is 0 Å². The summed E-state index contributed by atoms with van der Waals surface area (Å²) in [6.07, 6.45) is 2.04. The van der Waals surface area contributed by atoms with E-state index in [-0.39, 0.29) is 5.91 Å². The highest BCUT2D eigenvalue weighted by molar-refractivity contribution is 7.99. The maximum atomic E-state index is 12.6. The summed E-state index contributed by atoms with van der Waals surface area (Å²) in [6.45, 7) is 0. The quantitative estimate of drug-likeness (QED) is 0.736. The van der Waals surface area contributed by atoms with Gasteiger partial charge in [-0.25, -0.2) is 4.98 Å². The number of nitriles is 1. The van der Waals surface area contributed by atoms with Crippen molar-refractivity contribution >= 4 is 23.4 Å². The molecule has 0 aliphatic carbocycles. The number of carbonyl (C=O) groups is 1. The SMILES string of the molecule is N#CCc1ccc(NC(=O)c2cccnc2Sc2ccccc2)cc1. The number of hydrogen-bond acceptors (Lipinski definition) is 4. The van der Waals surface area contributed by atoms with Crippen molar-refractivity contribution in [3.63, 3.8) is 0 Å². The summed E-state index contributed by atoms with van der Waals surface area (Å²) in [5, 5.41) is 12.2. The zero-order valence-corrected chi connectivity index (χ0v) is 14.2. The van der Waals surface area contributed by atoms with Crippen LogP contribution in [-0.2, 0) is 6.42 Å². The van der Waals surface area contributed by atoms with Gasteiger partial charge >= 0.3 is 0 Å². The fourth-order valence-corrected chi connectivity index (χ4v) is 3.14. The smallest absolute Gasteiger partial charge is 0.258 e. The number of nitrogens with zero attached hydrogens (tertiary/aromatic N) is 2. The average Bonchev–Trinajstić information content (AvgIpc) is 2.65. The van der Waals surface area contributed by atoms with Crippen LogP contribution in [0.4, 0.5) is 5.69 Å². The lowest BCUT2D eigenvalue weighted by Gasteiger charge is -2.09. The fourth-order valence-electron chi connectivity index (χ4n) is 2.24. The third-order valence-electron chi connectivity index (χ3n) is 3.47. The van der Waals surface area contributed by atoms with Crippen LogP contribution in [0.3, 0.4) is 0 Å². The van der Waals surface area contributed by atoms with Crippen molar-refractivity contribution in [1.29, 1.82) is 5.26 Å². The van der Waals surface area contributed by atoms with Crippen LogP contribution < -0.4 is 5.32 Å². The molecule has 0 saturated heterocycles. The molecule has 3 rings (SSSR count). The molecule has 2 aromatic carbocycles. The highest BCUT2D eigenvalue weighted by Crippen LogP contribution is 2.28. The van der Waals surface area contributed by atoms with Crippen LogP contribution in [0.5, 0.6) is 0 Å². The Bertz CT molecular complexity index is 902. The molecule has 1 heterocycles. The highest BCUT2D eigenvalue weighted by Gasteiger charge is 2.13. The van der Waals surface area contributed by atoms with Crippen molar-refractivity contribution in [2.75, 3.05) is 5.32 Å². The van der Waals surface area contributed by atoms with Crippen LogP contribution in [-0.4, -0.2) is 10.9 Å². The number of anilines is 1. The van der Waals surface area contributed by atoms with E-state index in [1.165, 1.54) is 11.8 Å². The van der Waals surface area contributed by atoms with E-state index in [1.807, 2.05) is 42.5 Å². The lowest BCUT2D eigenvalue weighted by Crippen LogP contribution is -2.13. The molecule has 0 aliphatic rings. The molecule has 3 aromatic rings. The number of hydrogen-bond donors (Lipinski definition) is 1. The second-order valence-electron chi connectivity index (χ2n) is 5.26. The minimum Gasteiger partial charge on any atom is -0.322 e. The molecule has 0 bridgehead atoms. The Labute approximate surface area is 150 Å². The minimum absolute atomic E-state index is 0.209. The molecule has 0 fully saturated rings. The van der Waals surface area contributed by atoms with Gasteiger partial charge in [-0.15, -0.1) is 0 Å². The Balaban J connectivity index is 1.77. The number of rotatable bonds is 5. The van der Waals surface area contributed by atoms with Gasteiger partial charge in [-0.1, -0.05) is 42.1 Å². The Hall–Kier alpha value is -3.10. The van der Waals surface area contributed by atoms with Gasteiger partial charge in [0.15, 0.2) is 0 Å². The van der Waals surface area contributed by atoms with Crippen LogP contribution in [0.2, 0.25) is 0 Å². The van der Waals surface area contributed by atoms with Gasteiger partial charge in [0.05, 0.1) is 18.1 Å². The van der Waals surface area contributed by atoms with Crippen LogP contribution in [0.25, 0.3) is 0 Å². The standard InChI is InChI=1S/C20H15N3OS/c21-13-12-15-8-10-16(11-9-15)23-19(24)18-7-4-14-22-20(18)25-17-5-2-1-3-6-17/h1-11,14H,12H2,(H,23,24). The van der Waals surface area contributed by atoms with Crippen molar-refractivity contribution < 1.29 is 4.79 Å². The lowest BCUT2D eigenvalue weighted by molar-refractivity contribution is 0.102. The molecule has 1 aromatic heterocycles. The third kappa shape index (κ3) is 4.46. The number of carbonyl (C=O) groups excluding carboxylic acids is 1. The second kappa shape index (κ2) is 8.13. The van der Waals surface area contributed by atoms with E-state index >= 15 is 0 Å². The maximum absolute atomic E-state index is 12.6. The maximum Gasteiger partial charge on any atom is 0.258 e. The molecule has 122 valence electrons. The summed E-state index contributed by atoms with van der Waals surface area (Å²) >= 11 is 1.45. The number of pyridine rings is 1. The number of nitrogens with one attached hydrogen (secondary N) is 1. The zero-order valence-electron chi connectivity index (χ0n) is 13.3. The van der Waals surface area contributed by atoms with Crippen molar-refractivity contribution in [3.8, 4) is 6.07 Å². The van der Waals surface area contributed by atoms with E-state index in [1.54, 1.807) is 30.5 Å². The summed E-state index contributed by atoms with van der Waals surface area (Å²) < 4.78 is 0. The molecule has 0 saturated carbocycles. The lowest BCUT2D eigenvalue weighted by atomic mass is 10.1. The molecule has 1 N–H and O–H groups in total. The Morgan fingerprint density at radius 1 is 1.04 bits per heavy atom. The molecule has 1 amide bonds. The first-order chi connectivity index (χ1) is 12.3. The van der Waals surface area contributed by atoms with Crippen LogP contribution in [0.15, 0.2) is 82.8 Å². The molecule has 0 radical (unpaired) electrons. The first kappa shape index (κ1) is 16.7. The topological polar surface area (TPSA) is 65.8 Å². The summed E-state index contributed by atoms with van der Waals surface area (Å²) in [6, 6.07) is 22.7. The summed E-state index contributed by atoms with van der Waals surface area (Å²) in [4.78, 5) is 18.0. The van der Waals surface area contributed by atoms with Gasteiger partial charge in [-0.3, -0.25) is 4.79 Å². The predicted octanol–water partition coefficient (Wildman–Crippen LogP) is 4.55. The molecule has 5 heteroatoms.